The SMILES string of the molecule is Cc1csc(C2=C(O)CN(c3ccc(N4CCCCC4)cc3)C2=N)n1. The Balaban J connectivity index is 1.54. The number of anilines is 2. The van der Waals surface area contributed by atoms with Crippen molar-refractivity contribution in [2.24, 2.45) is 0 Å². The molecule has 3 heterocycles. The van der Waals surface area contributed by atoms with Gasteiger partial charge in [0.2, 0.25) is 0 Å². The van der Waals surface area contributed by atoms with E-state index in [0.29, 0.717) is 23.0 Å². The van der Waals surface area contributed by atoms with Crippen molar-refractivity contribution in [3.63, 3.8) is 0 Å². The summed E-state index contributed by atoms with van der Waals surface area (Å²) in [5.74, 6) is 0.539. The van der Waals surface area contributed by atoms with Gasteiger partial charge in [-0.2, -0.15) is 0 Å². The summed E-state index contributed by atoms with van der Waals surface area (Å²) in [5, 5.41) is 21.5. The summed E-state index contributed by atoms with van der Waals surface area (Å²) in [7, 11) is 0. The number of nitrogens with one attached hydrogen (secondary N) is 1. The van der Waals surface area contributed by atoms with E-state index in [-0.39, 0.29) is 5.76 Å². The first-order valence-electron chi connectivity index (χ1n) is 8.69. The fourth-order valence-corrected chi connectivity index (χ4v) is 4.35. The Hall–Kier alpha value is -2.34. The maximum atomic E-state index is 10.4. The molecule has 0 spiro atoms. The van der Waals surface area contributed by atoms with Gasteiger partial charge >= 0.3 is 0 Å². The van der Waals surface area contributed by atoms with Crippen LogP contribution in [0.15, 0.2) is 35.4 Å². The van der Waals surface area contributed by atoms with Gasteiger partial charge in [-0.15, -0.1) is 11.3 Å². The fourth-order valence-electron chi connectivity index (χ4n) is 3.49. The summed E-state index contributed by atoms with van der Waals surface area (Å²) in [6.07, 6.45) is 3.84. The Morgan fingerprint density at radius 3 is 2.40 bits per heavy atom. The molecule has 2 aliphatic rings. The molecule has 0 atom stereocenters. The highest BCUT2D eigenvalue weighted by Crippen LogP contribution is 2.33. The van der Waals surface area contributed by atoms with Crippen molar-refractivity contribution in [2.75, 3.05) is 29.4 Å². The van der Waals surface area contributed by atoms with E-state index < -0.39 is 0 Å². The third-order valence-electron chi connectivity index (χ3n) is 4.82. The second-order valence-corrected chi connectivity index (χ2v) is 7.47. The molecule has 4 rings (SSSR count). The lowest BCUT2D eigenvalue weighted by atomic mass is 10.1. The van der Waals surface area contributed by atoms with Gasteiger partial charge in [-0.1, -0.05) is 0 Å². The van der Waals surface area contributed by atoms with Crippen molar-refractivity contribution in [3.8, 4) is 0 Å². The molecule has 1 saturated heterocycles. The van der Waals surface area contributed by atoms with Crippen molar-refractivity contribution >= 4 is 34.1 Å². The average molecular weight is 354 g/mol. The third kappa shape index (κ3) is 3.02. The molecule has 0 bridgehead atoms. The highest BCUT2D eigenvalue weighted by molar-refractivity contribution is 7.11. The first-order chi connectivity index (χ1) is 12.1. The molecule has 2 aromatic rings. The second kappa shape index (κ2) is 6.52. The Morgan fingerprint density at radius 2 is 1.76 bits per heavy atom. The molecule has 0 aliphatic carbocycles. The van der Waals surface area contributed by atoms with Crippen LogP contribution in [0.3, 0.4) is 0 Å². The number of aliphatic hydroxyl groups excluding tert-OH is 1. The molecule has 25 heavy (non-hydrogen) atoms. The summed E-state index contributed by atoms with van der Waals surface area (Å²) in [6, 6.07) is 8.33. The summed E-state index contributed by atoms with van der Waals surface area (Å²) >= 11 is 1.47. The normalized spacial score (nSPS) is 18.4. The topological polar surface area (TPSA) is 63.5 Å². The van der Waals surface area contributed by atoms with Gasteiger partial charge in [-0.05, 0) is 50.5 Å². The van der Waals surface area contributed by atoms with Gasteiger partial charge in [0, 0.05) is 35.5 Å². The molecule has 1 aromatic heterocycles. The Labute approximate surface area is 151 Å². The number of hydrogen-bond donors (Lipinski definition) is 2. The molecule has 0 saturated carbocycles. The highest BCUT2D eigenvalue weighted by atomic mass is 32.1. The standard InChI is InChI=1S/C19H22N4OS/c1-13-12-25-19(21-13)17-16(24)11-23(18(17)20)15-7-5-14(6-8-15)22-9-3-2-4-10-22/h5-8,12,20,24H,2-4,9-11H2,1H3. The van der Waals surface area contributed by atoms with Gasteiger partial charge in [-0.25, -0.2) is 4.98 Å². The van der Waals surface area contributed by atoms with E-state index >= 15 is 0 Å². The summed E-state index contributed by atoms with van der Waals surface area (Å²) < 4.78 is 0. The van der Waals surface area contributed by atoms with E-state index in [2.05, 4.69) is 22.0 Å². The van der Waals surface area contributed by atoms with Crippen LogP contribution in [0.4, 0.5) is 11.4 Å². The number of thiazole rings is 1. The minimum Gasteiger partial charge on any atom is -0.510 e. The second-order valence-electron chi connectivity index (χ2n) is 6.61. The number of benzene rings is 1. The minimum absolute atomic E-state index is 0.222. The molecule has 130 valence electrons. The lowest BCUT2D eigenvalue weighted by Gasteiger charge is -2.29. The van der Waals surface area contributed by atoms with E-state index in [1.807, 2.05) is 29.3 Å². The van der Waals surface area contributed by atoms with E-state index in [9.17, 15) is 5.11 Å². The molecule has 0 unspecified atom stereocenters. The maximum Gasteiger partial charge on any atom is 0.139 e. The van der Waals surface area contributed by atoms with Crippen LogP contribution in [-0.4, -0.2) is 35.6 Å². The Kier molecular flexibility index (Phi) is 4.21. The van der Waals surface area contributed by atoms with Gasteiger partial charge in [0.1, 0.15) is 16.6 Å². The van der Waals surface area contributed by atoms with Gasteiger partial charge in [0.15, 0.2) is 0 Å². The summed E-state index contributed by atoms with van der Waals surface area (Å²) in [4.78, 5) is 8.68. The predicted molar refractivity (Wildman–Crippen MR) is 104 cm³/mol. The minimum atomic E-state index is 0.222. The van der Waals surface area contributed by atoms with Gasteiger partial charge in [0.05, 0.1) is 12.1 Å². The van der Waals surface area contributed by atoms with Crippen LogP contribution in [-0.2, 0) is 0 Å². The molecular weight excluding hydrogens is 332 g/mol. The molecule has 0 amide bonds. The number of aromatic nitrogens is 1. The van der Waals surface area contributed by atoms with Crippen molar-refractivity contribution < 1.29 is 5.11 Å². The van der Waals surface area contributed by atoms with Gasteiger partial charge in [-0.3, -0.25) is 5.41 Å². The first kappa shape index (κ1) is 16.1. The first-order valence-corrected chi connectivity index (χ1v) is 9.57. The van der Waals surface area contributed by atoms with E-state index in [4.69, 9.17) is 5.41 Å². The molecule has 6 heteroatoms. The van der Waals surface area contributed by atoms with E-state index in [0.717, 1.165) is 24.5 Å². The molecule has 2 N–H and O–H groups in total. The van der Waals surface area contributed by atoms with Gasteiger partial charge < -0.3 is 14.9 Å². The smallest absolute Gasteiger partial charge is 0.139 e. The Morgan fingerprint density at radius 1 is 1.08 bits per heavy atom. The number of nitrogens with zero attached hydrogens (tertiary/aromatic N) is 3. The van der Waals surface area contributed by atoms with Crippen molar-refractivity contribution in [3.05, 3.63) is 46.1 Å². The Bertz CT molecular complexity index is 818. The van der Waals surface area contributed by atoms with Crippen molar-refractivity contribution in [2.45, 2.75) is 26.2 Å². The van der Waals surface area contributed by atoms with Crippen LogP contribution in [0.5, 0.6) is 0 Å². The number of piperidine rings is 1. The molecular formula is C19H22N4OS. The van der Waals surface area contributed by atoms with Crippen molar-refractivity contribution in [1.82, 2.24) is 4.98 Å². The van der Waals surface area contributed by atoms with Crippen LogP contribution in [0.1, 0.15) is 30.0 Å². The lowest BCUT2D eigenvalue weighted by Crippen LogP contribution is -2.29. The fraction of sp³-hybridized carbons (Fsp3) is 0.368. The van der Waals surface area contributed by atoms with Gasteiger partial charge in [0.25, 0.3) is 0 Å². The highest BCUT2D eigenvalue weighted by Gasteiger charge is 2.31. The maximum absolute atomic E-state index is 10.4. The molecule has 0 radical (unpaired) electrons. The van der Waals surface area contributed by atoms with Crippen LogP contribution in [0, 0.1) is 12.3 Å². The third-order valence-corrected chi connectivity index (χ3v) is 5.80. The van der Waals surface area contributed by atoms with Crippen LogP contribution >= 0.6 is 11.3 Å². The summed E-state index contributed by atoms with van der Waals surface area (Å²) in [6.45, 7) is 4.49. The molecule has 1 fully saturated rings. The number of aryl methyl sites for hydroxylation is 1. The largest absolute Gasteiger partial charge is 0.510 e. The zero-order valence-corrected chi connectivity index (χ0v) is 15.1. The molecule has 1 aromatic carbocycles. The zero-order valence-electron chi connectivity index (χ0n) is 14.3. The monoisotopic (exact) mass is 354 g/mol. The molecule has 5 nitrogen and oxygen atoms in total. The van der Waals surface area contributed by atoms with Crippen molar-refractivity contribution in [1.29, 1.82) is 5.41 Å². The van der Waals surface area contributed by atoms with Crippen LogP contribution in [0.2, 0.25) is 0 Å². The van der Waals surface area contributed by atoms with Crippen LogP contribution in [0.25, 0.3) is 5.57 Å². The number of aliphatic hydroxyl groups is 1. The number of hydrogen-bond acceptors (Lipinski definition) is 5. The summed E-state index contributed by atoms with van der Waals surface area (Å²) in [5.41, 5.74) is 3.64. The van der Waals surface area contributed by atoms with Crippen LogP contribution < -0.4 is 9.80 Å². The molecule has 2 aliphatic heterocycles. The number of amidine groups is 1. The van der Waals surface area contributed by atoms with E-state index in [1.165, 1.54) is 36.3 Å². The number of rotatable bonds is 3. The predicted octanol–water partition coefficient (Wildman–Crippen LogP) is 4.21. The van der Waals surface area contributed by atoms with E-state index in [1.54, 1.807) is 0 Å². The zero-order chi connectivity index (χ0) is 17.4. The average Bonchev–Trinajstić information content (AvgIpc) is 3.18. The quantitative estimate of drug-likeness (QED) is 0.867. The lowest BCUT2D eigenvalue weighted by molar-refractivity contribution is 0.411.